The average Bonchev–Trinajstić information content (AvgIpc) is 2.65. The van der Waals surface area contributed by atoms with Gasteiger partial charge in [-0.3, -0.25) is 9.69 Å². The van der Waals surface area contributed by atoms with Crippen LogP contribution in [0, 0.1) is 0 Å². The Bertz CT molecular complexity index is 667. The third-order valence-electron chi connectivity index (χ3n) is 4.33. The first-order valence-electron chi connectivity index (χ1n) is 8.66. The largest absolute Gasteiger partial charge is 0.379 e. The van der Waals surface area contributed by atoms with Gasteiger partial charge in [-0.05, 0) is 29.8 Å². The maximum atomic E-state index is 12.2. The lowest BCUT2D eigenvalue weighted by Gasteiger charge is -2.26. The molecule has 132 valence electrons. The Morgan fingerprint density at radius 1 is 1.08 bits per heavy atom. The van der Waals surface area contributed by atoms with Crippen molar-refractivity contribution in [3.05, 3.63) is 60.2 Å². The van der Waals surface area contributed by atoms with E-state index in [2.05, 4.69) is 22.3 Å². The van der Waals surface area contributed by atoms with Crippen molar-refractivity contribution in [2.45, 2.75) is 6.54 Å². The van der Waals surface area contributed by atoms with Crippen LogP contribution in [-0.4, -0.2) is 50.7 Å². The molecule has 0 aliphatic carbocycles. The fourth-order valence-corrected chi connectivity index (χ4v) is 2.90. The van der Waals surface area contributed by atoms with Gasteiger partial charge in [0.1, 0.15) is 0 Å². The van der Waals surface area contributed by atoms with E-state index in [0.29, 0.717) is 6.54 Å². The van der Waals surface area contributed by atoms with Crippen LogP contribution in [-0.2, 0) is 16.1 Å². The summed E-state index contributed by atoms with van der Waals surface area (Å²) in [7, 11) is 1.92. The van der Waals surface area contributed by atoms with Gasteiger partial charge in [0.25, 0.3) is 0 Å². The number of nitrogens with one attached hydrogen (secondary N) is 1. The number of hydrogen-bond acceptors (Lipinski definition) is 4. The van der Waals surface area contributed by atoms with Crippen molar-refractivity contribution in [1.82, 2.24) is 4.90 Å². The first-order valence-corrected chi connectivity index (χ1v) is 8.66. The minimum atomic E-state index is -0.0210. The van der Waals surface area contributed by atoms with Gasteiger partial charge in [0.2, 0.25) is 5.91 Å². The molecule has 2 aromatic rings. The summed E-state index contributed by atoms with van der Waals surface area (Å²) >= 11 is 0. The van der Waals surface area contributed by atoms with E-state index in [0.717, 1.165) is 44.2 Å². The molecule has 0 atom stereocenters. The van der Waals surface area contributed by atoms with Crippen molar-refractivity contribution in [3.63, 3.8) is 0 Å². The highest BCUT2D eigenvalue weighted by atomic mass is 16.5. The predicted octanol–water partition coefficient (Wildman–Crippen LogP) is 2.59. The van der Waals surface area contributed by atoms with E-state index in [9.17, 15) is 4.79 Å². The Kier molecular flexibility index (Phi) is 6.04. The van der Waals surface area contributed by atoms with Gasteiger partial charge in [-0.15, -0.1) is 0 Å². The zero-order valence-electron chi connectivity index (χ0n) is 14.6. The smallest absolute Gasteiger partial charge is 0.243 e. The molecule has 0 bridgehead atoms. The second kappa shape index (κ2) is 8.65. The Labute approximate surface area is 149 Å². The van der Waals surface area contributed by atoms with E-state index >= 15 is 0 Å². The molecule has 5 heteroatoms. The van der Waals surface area contributed by atoms with Crippen molar-refractivity contribution < 1.29 is 9.53 Å². The number of nitrogens with zero attached hydrogens (tertiary/aromatic N) is 2. The molecule has 0 radical (unpaired) electrons. The normalized spacial score (nSPS) is 14.9. The topological polar surface area (TPSA) is 44.8 Å². The third kappa shape index (κ3) is 5.31. The van der Waals surface area contributed by atoms with Gasteiger partial charge < -0.3 is 15.0 Å². The molecule has 0 aromatic heterocycles. The lowest BCUT2D eigenvalue weighted by atomic mass is 10.2. The van der Waals surface area contributed by atoms with E-state index < -0.39 is 0 Å². The Hall–Kier alpha value is -2.37. The number of para-hydroxylation sites is 1. The number of morpholine rings is 1. The summed E-state index contributed by atoms with van der Waals surface area (Å²) in [4.78, 5) is 16.5. The first-order chi connectivity index (χ1) is 12.2. The lowest BCUT2D eigenvalue weighted by Crippen LogP contribution is -2.35. The van der Waals surface area contributed by atoms with Crippen LogP contribution in [0.4, 0.5) is 11.4 Å². The van der Waals surface area contributed by atoms with Gasteiger partial charge in [-0.1, -0.05) is 30.3 Å². The number of carbonyl (C=O) groups is 1. The summed E-state index contributed by atoms with van der Waals surface area (Å²) in [6.07, 6.45) is 0. The highest BCUT2D eigenvalue weighted by Crippen LogP contribution is 2.14. The summed E-state index contributed by atoms with van der Waals surface area (Å²) in [5.41, 5.74) is 3.11. The van der Waals surface area contributed by atoms with E-state index in [4.69, 9.17) is 4.74 Å². The average molecular weight is 339 g/mol. The van der Waals surface area contributed by atoms with Crippen LogP contribution >= 0.6 is 0 Å². The minimum absolute atomic E-state index is 0.0210. The Morgan fingerprint density at radius 2 is 1.76 bits per heavy atom. The molecule has 1 saturated heterocycles. The summed E-state index contributed by atoms with van der Waals surface area (Å²) in [6.45, 7) is 4.81. The minimum Gasteiger partial charge on any atom is -0.379 e. The van der Waals surface area contributed by atoms with Crippen molar-refractivity contribution in [2.24, 2.45) is 0 Å². The summed E-state index contributed by atoms with van der Waals surface area (Å²) in [5.74, 6) is -0.0210. The zero-order valence-corrected chi connectivity index (χ0v) is 14.6. The second-order valence-electron chi connectivity index (χ2n) is 6.33. The first kappa shape index (κ1) is 17.5. The molecule has 5 nitrogen and oxygen atoms in total. The van der Waals surface area contributed by atoms with E-state index in [-0.39, 0.29) is 5.91 Å². The summed E-state index contributed by atoms with van der Waals surface area (Å²) in [5, 5.41) is 2.96. The van der Waals surface area contributed by atoms with Crippen LogP contribution in [0.3, 0.4) is 0 Å². The lowest BCUT2D eigenvalue weighted by molar-refractivity contribution is -0.114. The molecule has 3 rings (SSSR count). The molecule has 2 aromatic carbocycles. The molecule has 1 aliphatic rings. The fourth-order valence-electron chi connectivity index (χ4n) is 2.90. The zero-order chi connectivity index (χ0) is 17.5. The summed E-state index contributed by atoms with van der Waals surface area (Å²) < 4.78 is 5.37. The van der Waals surface area contributed by atoms with Gasteiger partial charge >= 0.3 is 0 Å². The number of anilines is 2. The van der Waals surface area contributed by atoms with Crippen molar-refractivity contribution in [2.75, 3.05) is 50.1 Å². The molecule has 1 aliphatic heterocycles. The van der Waals surface area contributed by atoms with Crippen LogP contribution < -0.4 is 10.2 Å². The maximum absolute atomic E-state index is 12.2. The quantitative estimate of drug-likeness (QED) is 0.879. The predicted molar refractivity (Wildman–Crippen MR) is 101 cm³/mol. The van der Waals surface area contributed by atoms with Gasteiger partial charge in [0.05, 0.1) is 19.8 Å². The Morgan fingerprint density at radius 3 is 2.44 bits per heavy atom. The SMILES string of the molecule is CN(CC(=O)Nc1ccc(CN2CCOCC2)cc1)c1ccccc1. The summed E-state index contributed by atoms with van der Waals surface area (Å²) in [6, 6.07) is 18.0. The number of ether oxygens (including phenoxy) is 1. The Balaban J connectivity index is 1.49. The monoisotopic (exact) mass is 339 g/mol. The molecule has 1 fully saturated rings. The van der Waals surface area contributed by atoms with Gasteiger partial charge in [-0.2, -0.15) is 0 Å². The maximum Gasteiger partial charge on any atom is 0.243 e. The molecule has 1 heterocycles. The number of carbonyl (C=O) groups excluding carboxylic acids is 1. The molecule has 0 unspecified atom stereocenters. The molecule has 1 amide bonds. The number of likely N-dealkylation sites (N-methyl/N-ethyl adjacent to an activating group) is 1. The standard InChI is InChI=1S/C20H25N3O2/c1-22(19-5-3-2-4-6-19)16-20(24)21-18-9-7-17(8-10-18)15-23-11-13-25-14-12-23/h2-10H,11-16H2,1H3,(H,21,24). The van der Waals surface area contributed by atoms with Crippen LogP contribution in [0.1, 0.15) is 5.56 Å². The molecular formula is C20H25N3O2. The number of rotatable bonds is 6. The molecule has 1 N–H and O–H groups in total. The van der Waals surface area contributed by atoms with Gasteiger partial charge in [-0.25, -0.2) is 0 Å². The van der Waals surface area contributed by atoms with Crippen molar-refractivity contribution in [1.29, 1.82) is 0 Å². The fraction of sp³-hybridized carbons (Fsp3) is 0.350. The number of amides is 1. The van der Waals surface area contributed by atoms with Crippen molar-refractivity contribution in [3.8, 4) is 0 Å². The molecule has 25 heavy (non-hydrogen) atoms. The van der Waals surface area contributed by atoms with E-state index in [1.54, 1.807) is 0 Å². The third-order valence-corrected chi connectivity index (χ3v) is 4.33. The molecule has 0 spiro atoms. The highest BCUT2D eigenvalue weighted by Gasteiger charge is 2.11. The van der Waals surface area contributed by atoms with Crippen LogP contribution in [0.5, 0.6) is 0 Å². The van der Waals surface area contributed by atoms with Crippen molar-refractivity contribution >= 4 is 17.3 Å². The van der Waals surface area contributed by atoms with Gasteiger partial charge in [0, 0.05) is 38.1 Å². The van der Waals surface area contributed by atoms with E-state index in [1.165, 1.54) is 5.56 Å². The van der Waals surface area contributed by atoms with Crippen LogP contribution in [0.15, 0.2) is 54.6 Å². The van der Waals surface area contributed by atoms with Gasteiger partial charge in [0.15, 0.2) is 0 Å². The number of hydrogen-bond donors (Lipinski definition) is 1. The number of benzene rings is 2. The van der Waals surface area contributed by atoms with Crippen LogP contribution in [0.2, 0.25) is 0 Å². The van der Waals surface area contributed by atoms with Crippen LogP contribution in [0.25, 0.3) is 0 Å². The molecule has 0 saturated carbocycles. The highest BCUT2D eigenvalue weighted by molar-refractivity contribution is 5.94. The molecular weight excluding hydrogens is 314 g/mol. The second-order valence-corrected chi connectivity index (χ2v) is 6.33. The van der Waals surface area contributed by atoms with E-state index in [1.807, 2.05) is 54.4 Å².